The number of allylic oxidation sites excluding steroid dienone is 1. The minimum atomic E-state index is -0.142. The summed E-state index contributed by atoms with van der Waals surface area (Å²) in [5, 5.41) is 6.44. The topological polar surface area (TPSA) is 30.7 Å². The van der Waals surface area contributed by atoms with Crippen molar-refractivity contribution >= 4 is 69.8 Å². The van der Waals surface area contributed by atoms with Gasteiger partial charge in [0.2, 0.25) is 0 Å². The Balaban J connectivity index is 1.06. The van der Waals surface area contributed by atoms with Crippen LogP contribution in [0.1, 0.15) is 54.4 Å². The summed E-state index contributed by atoms with van der Waals surface area (Å²) in [6, 6.07) is 55.7. The van der Waals surface area contributed by atoms with E-state index in [1.165, 1.54) is 76.0 Å². The maximum absolute atomic E-state index is 5.40. The number of nitrogens with zero attached hydrogens (tertiary/aromatic N) is 3. The lowest BCUT2D eigenvalue weighted by Gasteiger charge is -2.29. The molecule has 1 atom stereocenters. The van der Waals surface area contributed by atoms with Gasteiger partial charge in [0.15, 0.2) is 5.82 Å². The van der Waals surface area contributed by atoms with Crippen LogP contribution in [-0.2, 0) is 5.41 Å². The molecule has 2 aliphatic carbocycles. The fourth-order valence-electron chi connectivity index (χ4n) is 9.88. The van der Waals surface area contributed by atoms with Gasteiger partial charge in [0.05, 0.1) is 27.5 Å². The Morgan fingerprint density at radius 3 is 2.25 bits per heavy atom. The molecule has 12 rings (SSSR count). The molecular weight excluding hydrogens is 687 g/mol. The summed E-state index contributed by atoms with van der Waals surface area (Å²) < 4.78 is 4.99. The molecule has 55 heavy (non-hydrogen) atoms. The van der Waals surface area contributed by atoms with E-state index in [-0.39, 0.29) is 11.5 Å². The van der Waals surface area contributed by atoms with Crippen molar-refractivity contribution in [2.75, 3.05) is 0 Å². The first-order chi connectivity index (χ1) is 27.0. The fourth-order valence-corrected chi connectivity index (χ4v) is 11.0. The molecule has 10 aromatic rings. The number of hydrogen-bond acceptors (Lipinski definition) is 3. The van der Waals surface area contributed by atoms with Crippen LogP contribution < -0.4 is 0 Å². The molecule has 0 radical (unpaired) electrons. The van der Waals surface area contributed by atoms with Crippen molar-refractivity contribution in [1.29, 1.82) is 0 Å². The zero-order valence-electron chi connectivity index (χ0n) is 30.5. The molecule has 260 valence electrons. The predicted molar refractivity (Wildman–Crippen MR) is 231 cm³/mol. The number of aromatic nitrogens is 3. The van der Waals surface area contributed by atoms with Crippen molar-refractivity contribution in [1.82, 2.24) is 14.5 Å². The summed E-state index contributed by atoms with van der Waals surface area (Å²) in [4.78, 5) is 10.8. The first-order valence-electron chi connectivity index (χ1n) is 19.2. The van der Waals surface area contributed by atoms with Gasteiger partial charge in [0, 0.05) is 42.9 Å². The van der Waals surface area contributed by atoms with Gasteiger partial charge < -0.3 is 4.57 Å². The van der Waals surface area contributed by atoms with Crippen molar-refractivity contribution in [3.05, 3.63) is 186 Å². The molecular formula is C51H35N3S. The highest BCUT2D eigenvalue weighted by atomic mass is 32.1. The van der Waals surface area contributed by atoms with Crippen LogP contribution in [0.4, 0.5) is 0 Å². The molecule has 1 unspecified atom stereocenters. The summed E-state index contributed by atoms with van der Waals surface area (Å²) in [7, 11) is 0. The van der Waals surface area contributed by atoms with Crippen LogP contribution in [0.15, 0.2) is 158 Å². The maximum atomic E-state index is 5.40. The van der Waals surface area contributed by atoms with Crippen molar-refractivity contribution in [2.45, 2.75) is 31.7 Å². The van der Waals surface area contributed by atoms with Crippen LogP contribution in [0.25, 0.3) is 80.8 Å². The Morgan fingerprint density at radius 2 is 1.36 bits per heavy atom. The number of thiophene rings is 1. The summed E-state index contributed by atoms with van der Waals surface area (Å²) in [5.74, 6) is 0.785. The van der Waals surface area contributed by atoms with Gasteiger partial charge in [-0.25, -0.2) is 9.97 Å². The fraction of sp³-hybridized carbons (Fsp3) is 0.0980. The molecule has 0 saturated carbocycles. The summed E-state index contributed by atoms with van der Waals surface area (Å²) in [6.07, 6.45) is 3.23. The molecule has 0 fully saturated rings. The van der Waals surface area contributed by atoms with E-state index in [4.69, 9.17) is 9.97 Å². The molecule has 4 heteroatoms. The van der Waals surface area contributed by atoms with E-state index in [0.717, 1.165) is 39.3 Å². The van der Waals surface area contributed by atoms with Crippen LogP contribution in [-0.4, -0.2) is 14.5 Å². The molecule has 0 amide bonds. The van der Waals surface area contributed by atoms with Gasteiger partial charge in [-0.2, -0.15) is 0 Å². The number of benzene rings is 7. The first kappa shape index (κ1) is 31.0. The SMILES string of the molecule is CC1(C)c2cc3c(cc2-c2ccc4ccccc4c21)c1ccccc1n3C1CC=C(c2nc(-c3ccccc3)c3sc4ccccc4c3n2)c2ccccc21. The second-order valence-corrected chi connectivity index (χ2v) is 16.7. The molecule has 0 N–H and O–H groups in total. The third kappa shape index (κ3) is 4.32. The van der Waals surface area contributed by atoms with Gasteiger partial charge in [0.1, 0.15) is 0 Å². The maximum Gasteiger partial charge on any atom is 0.160 e. The summed E-state index contributed by atoms with van der Waals surface area (Å²) >= 11 is 1.78. The number of fused-ring (bicyclic) bond motifs is 12. The molecule has 3 heterocycles. The average molecular weight is 722 g/mol. The van der Waals surface area contributed by atoms with E-state index in [1.807, 2.05) is 0 Å². The van der Waals surface area contributed by atoms with E-state index in [2.05, 4.69) is 176 Å². The number of rotatable bonds is 3. The largest absolute Gasteiger partial charge is 0.332 e. The Hall–Kier alpha value is -6.36. The van der Waals surface area contributed by atoms with E-state index in [9.17, 15) is 0 Å². The van der Waals surface area contributed by atoms with Crippen molar-refractivity contribution in [2.24, 2.45) is 0 Å². The van der Waals surface area contributed by atoms with Gasteiger partial charge in [0.25, 0.3) is 0 Å². The first-order valence-corrected chi connectivity index (χ1v) is 20.0. The van der Waals surface area contributed by atoms with Crippen molar-refractivity contribution < 1.29 is 0 Å². The molecule has 7 aromatic carbocycles. The van der Waals surface area contributed by atoms with Gasteiger partial charge in [-0.15, -0.1) is 11.3 Å². The average Bonchev–Trinajstić information content (AvgIpc) is 3.85. The Morgan fingerprint density at radius 1 is 0.618 bits per heavy atom. The molecule has 0 saturated heterocycles. The third-order valence-electron chi connectivity index (χ3n) is 12.3. The van der Waals surface area contributed by atoms with Gasteiger partial charge in [-0.05, 0) is 74.8 Å². The smallest absolute Gasteiger partial charge is 0.160 e. The molecule has 3 aromatic heterocycles. The molecule has 2 aliphatic rings. The highest BCUT2D eigenvalue weighted by Gasteiger charge is 2.38. The van der Waals surface area contributed by atoms with Crippen molar-refractivity contribution in [3.63, 3.8) is 0 Å². The Bertz CT molecular complexity index is 3270. The van der Waals surface area contributed by atoms with E-state index in [0.29, 0.717) is 0 Å². The van der Waals surface area contributed by atoms with Crippen LogP contribution in [0.5, 0.6) is 0 Å². The van der Waals surface area contributed by atoms with Crippen LogP contribution in [0.2, 0.25) is 0 Å². The van der Waals surface area contributed by atoms with Gasteiger partial charge in [-0.3, -0.25) is 0 Å². The van der Waals surface area contributed by atoms with Crippen LogP contribution in [0, 0.1) is 0 Å². The lowest BCUT2D eigenvalue weighted by Crippen LogP contribution is -2.17. The second kappa shape index (κ2) is 11.3. The highest BCUT2D eigenvalue weighted by Crippen LogP contribution is 2.54. The Kier molecular flexibility index (Phi) is 6.39. The minimum Gasteiger partial charge on any atom is -0.332 e. The molecule has 3 nitrogen and oxygen atoms in total. The van der Waals surface area contributed by atoms with Gasteiger partial charge >= 0.3 is 0 Å². The summed E-state index contributed by atoms with van der Waals surface area (Å²) in [5.41, 5.74) is 14.7. The highest BCUT2D eigenvalue weighted by molar-refractivity contribution is 7.26. The quantitative estimate of drug-likeness (QED) is 0.182. The zero-order chi connectivity index (χ0) is 36.4. The zero-order valence-corrected chi connectivity index (χ0v) is 31.4. The molecule has 0 spiro atoms. The Labute approximate surface area is 322 Å². The van der Waals surface area contributed by atoms with E-state index >= 15 is 0 Å². The van der Waals surface area contributed by atoms with Gasteiger partial charge in [-0.1, -0.05) is 147 Å². The molecule has 0 aliphatic heterocycles. The van der Waals surface area contributed by atoms with E-state index in [1.54, 1.807) is 11.3 Å². The second-order valence-electron chi connectivity index (χ2n) is 15.6. The monoisotopic (exact) mass is 721 g/mol. The van der Waals surface area contributed by atoms with E-state index < -0.39 is 0 Å². The number of hydrogen-bond donors (Lipinski definition) is 0. The standard InChI is InChI=1S/C51H35N3S/c1-51(2)41-29-44-40(28-39(41)36-25-24-30-14-6-7-17-32(30)46(36)51)35-20-10-12-22-42(35)54(44)43-27-26-37(33-18-8-9-19-34(33)43)50-52-47(31-15-4-3-5-16-31)49-48(53-50)38-21-11-13-23-45(38)55-49/h3-26,28-29,43H,27H2,1-2H3. The lowest BCUT2D eigenvalue weighted by atomic mass is 9.80. The number of para-hydroxylation sites is 1. The van der Waals surface area contributed by atoms with Crippen molar-refractivity contribution in [3.8, 4) is 22.4 Å². The summed E-state index contributed by atoms with van der Waals surface area (Å²) in [6.45, 7) is 4.82. The normalized spacial score (nSPS) is 15.8. The molecule has 0 bridgehead atoms. The minimum absolute atomic E-state index is 0.104. The van der Waals surface area contributed by atoms with Crippen LogP contribution >= 0.6 is 11.3 Å². The van der Waals surface area contributed by atoms with Crippen LogP contribution in [0.3, 0.4) is 0 Å². The third-order valence-corrected chi connectivity index (χ3v) is 13.5. The predicted octanol–water partition coefficient (Wildman–Crippen LogP) is 13.5. The lowest BCUT2D eigenvalue weighted by molar-refractivity contribution is 0.621.